The first kappa shape index (κ1) is 14.6. The van der Waals surface area contributed by atoms with Gasteiger partial charge in [0.25, 0.3) is 0 Å². The van der Waals surface area contributed by atoms with Crippen molar-refractivity contribution in [1.82, 2.24) is 0 Å². The highest BCUT2D eigenvalue weighted by molar-refractivity contribution is 9.10. The molecule has 4 nitrogen and oxygen atoms in total. The smallest absolute Gasteiger partial charge is 0.152 e. The first-order valence-electron chi connectivity index (χ1n) is 4.81. The monoisotopic (exact) mass is 324 g/mol. The fraction of sp³-hybridized carbons (Fsp3) is 0.455. The Labute approximate surface area is 114 Å². The molecule has 0 unspecified atom stereocenters. The Morgan fingerprint density at radius 3 is 2.47 bits per heavy atom. The molecule has 0 aliphatic carbocycles. The van der Waals surface area contributed by atoms with Crippen LogP contribution in [0.5, 0.6) is 11.5 Å². The van der Waals surface area contributed by atoms with Crippen molar-refractivity contribution in [2.24, 2.45) is 0 Å². The van der Waals surface area contributed by atoms with Gasteiger partial charge in [-0.2, -0.15) is 0 Å². The number of ether oxygens (including phenoxy) is 4. The van der Waals surface area contributed by atoms with E-state index in [0.29, 0.717) is 23.1 Å². The van der Waals surface area contributed by atoms with E-state index < -0.39 is 0 Å². The van der Waals surface area contributed by atoms with Gasteiger partial charge < -0.3 is 18.9 Å². The fourth-order valence-corrected chi connectivity index (χ4v) is 2.42. The minimum absolute atomic E-state index is 0.209. The van der Waals surface area contributed by atoms with Gasteiger partial charge in [-0.25, -0.2) is 0 Å². The average molecular weight is 326 g/mol. The topological polar surface area (TPSA) is 36.9 Å². The summed E-state index contributed by atoms with van der Waals surface area (Å²) in [5.74, 6) is 1.20. The van der Waals surface area contributed by atoms with Gasteiger partial charge in [0.2, 0.25) is 0 Å². The predicted octanol–water partition coefficient (Wildman–Crippen LogP) is 3.24. The van der Waals surface area contributed by atoms with E-state index in [1.165, 1.54) is 0 Å². The molecule has 0 aromatic heterocycles. The van der Waals surface area contributed by atoms with Gasteiger partial charge in [-0.05, 0) is 15.9 Å². The first-order chi connectivity index (χ1) is 8.15. The lowest BCUT2D eigenvalue weighted by molar-refractivity contribution is -0.0397. The number of rotatable bonds is 6. The van der Waals surface area contributed by atoms with Gasteiger partial charge in [-0.15, -0.1) is 0 Å². The molecule has 1 aromatic carbocycles. The maximum Gasteiger partial charge on any atom is 0.152 e. The molecule has 0 aliphatic rings. The number of hydrogen-bond donors (Lipinski definition) is 0. The van der Waals surface area contributed by atoms with E-state index >= 15 is 0 Å². The lowest BCUT2D eigenvalue weighted by atomic mass is 10.2. The molecule has 0 radical (unpaired) electrons. The third kappa shape index (κ3) is 3.48. The Bertz CT molecular complexity index is 384. The van der Waals surface area contributed by atoms with Crippen LogP contribution in [0.25, 0.3) is 0 Å². The van der Waals surface area contributed by atoms with E-state index in [-0.39, 0.29) is 6.79 Å². The molecule has 0 N–H and O–H groups in total. The van der Waals surface area contributed by atoms with E-state index in [4.69, 9.17) is 30.5 Å². The van der Waals surface area contributed by atoms with E-state index in [1.807, 2.05) is 0 Å². The van der Waals surface area contributed by atoms with Gasteiger partial charge in [0.15, 0.2) is 5.75 Å². The lowest BCUT2D eigenvalue weighted by Gasteiger charge is -2.15. The van der Waals surface area contributed by atoms with Gasteiger partial charge in [-0.3, -0.25) is 0 Å². The highest BCUT2D eigenvalue weighted by atomic mass is 79.9. The summed E-state index contributed by atoms with van der Waals surface area (Å²) in [6, 6.07) is 1.69. The predicted molar refractivity (Wildman–Crippen MR) is 68.9 cm³/mol. The number of benzene rings is 1. The van der Waals surface area contributed by atoms with Crippen LogP contribution in [0, 0.1) is 0 Å². The zero-order valence-corrected chi connectivity index (χ0v) is 12.2. The molecule has 0 saturated heterocycles. The summed E-state index contributed by atoms with van der Waals surface area (Å²) in [5, 5.41) is 0.478. The van der Waals surface area contributed by atoms with E-state index in [1.54, 1.807) is 27.4 Å². The van der Waals surface area contributed by atoms with Gasteiger partial charge >= 0.3 is 0 Å². The second-order valence-electron chi connectivity index (χ2n) is 3.14. The van der Waals surface area contributed by atoms with Crippen LogP contribution in [0.1, 0.15) is 5.56 Å². The molecular formula is C11H14BrClO4. The Kier molecular flexibility index (Phi) is 6.05. The van der Waals surface area contributed by atoms with Crippen LogP contribution in [-0.2, 0) is 16.1 Å². The zero-order valence-electron chi connectivity index (χ0n) is 9.88. The van der Waals surface area contributed by atoms with Crippen LogP contribution in [0.3, 0.4) is 0 Å². The van der Waals surface area contributed by atoms with Gasteiger partial charge in [0.1, 0.15) is 12.5 Å². The van der Waals surface area contributed by atoms with Crippen molar-refractivity contribution in [3.05, 3.63) is 21.1 Å². The molecule has 6 heteroatoms. The Balaban J connectivity index is 3.06. The molecule has 0 amide bonds. The SMILES string of the molecule is COCOCc1c(OC)cc(Cl)c(OC)c1Br. The molecule has 0 saturated carbocycles. The summed E-state index contributed by atoms with van der Waals surface area (Å²) >= 11 is 9.47. The summed E-state index contributed by atoms with van der Waals surface area (Å²) < 4.78 is 21.3. The minimum atomic E-state index is 0.209. The first-order valence-corrected chi connectivity index (χ1v) is 5.98. The van der Waals surface area contributed by atoms with Gasteiger partial charge in [-0.1, -0.05) is 11.6 Å². The van der Waals surface area contributed by atoms with Crippen molar-refractivity contribution in [3.63, 3.8) is 0 Å². The number of halogens is 2. The lowest BCUT2D eigenvalue weighted by Crippen LogP contribution is -2.02. The van der Waals surface area contributed by atoms with Crippen molar-refractivity contribution >= 4 is 27.5 Å². The minimum Gasteiger partial charge on any atom is -0.496 e. The molecule has 0 spiro atoms. The summed E-state index contributed by atoms with van der Waals surface area (Å²) in [6.07, 6.45) is 0. The average Bonchev–Trinajstić information content (AvgIpc) is 2.32. The summed E-state index contributed by atoms with van der Waals surface area (Å²) in [4.78, 5) is 0. The largest absolute Gasteiger partial charge is 0.496 e. The van der Waals surface area contributed by atoms with Gasteiger partial charge in [0.05, 0.1) is 30.3 Å². The fourth-order valence-electron chi connectivity index (χ4n) is 1.35. The van der Waals surface area contributed by atoms with Crippen LogP contribution in [0.15, 0.2) is 10.5 Å². The summed E-state index contributed by atoms with van der Waals surface area (Å²) in [7, 11) is 4.69. The highest BCUT2D eigenvalue weighted by Crippen LogP contribution is 2.41. The molecule has 0 atom stereocenters. The van der Waals surface area contributed by atoms with Gasteiger partial charge in [0, 0.05) is 18.7 Å². The molecule has 17 heavy (non-hydrogen) atoms. The van der Waals surface area contributed by atoms with Crippen molar-refractivity contribution in [2.45, 2.75) is 6.61 Å². The van der Waals surface area contributed by atoms with Crippen molar-refractivity contribution in [3.8, 4) is 11.5 Å². The molecule has 96 valence electrons. The zero-order chi connectivity index (χ0) is 12.8. The van der Waals surface area contributed by atoms with Crippen LogP contribution < -0.4 is 9.47 Å². The van der Waals surface area contributed by atoms with Crippen LogP contribution in [0.4, 0.5) is 0 Å². The quantitative estimate of drug-likeness (QED) is 0.594. The van der Waals surface area contributed by atoms with Crippen molar-refractivity contribution in [2.75, 3.05) is 28.1 Å². The van der Waals surface area contributed by atoms with Crippen LogP contribution >= 0.6 is 27.5 Å². The third-order valence-electron chi connectivity index (χ3n) is 2.11. The number of methoxy groups -OCH3 is 3. The molecule has 0 aliphatic heterocycles. The highest BCUT2D eigenvalue weighted by Gasteiger charge is 2.16. The van der Waals surface area contributed by atoms with E-state index in [0.717, 1.165) is 10.0 Å². The molecule has 0 bridgehead atoms. The Morgan fingerprint density at radius 2 is 1.94 bits per heavy atom. The molecule has 1 aromatic rings. The second-order valence-corrected chi connectivity index (χ2v) is 4.34. The number of hydrogen-bond acceptors (Lipinski definition) is 4. The second kappa shape index (κ2) is 7.06. The molecule has 0 fully saturated rings. The molecular weight excluding hydrogens is 311 g/mol. The third-order valence-corrected chi connectivity index (χ3v) is 3.23. The maximum absolute atomic E-state index is 6.05. The van der Waals surface area contributed by atoms with Crippen molar-refractivity contribution in [1.29, 1.82) is 0 Å². The summed E-state index contributed by atoms with van der Waals surface area (Å²) in [6.45, 7) is 0.547. The van der Waals surface area contributed by atoms with Crippen LogP contribution in [-0.4, -0.2) is 28.1 Å². The van der Waals surface area contributed by atoms with E-state index in [2.05, 4.69) is 15.9 Å². The van der Waals surface area contributed by atoms with Crippen LogP contribution in [0.2, 0.25) is 5.02 Å². The standard InChI is InChI=1S/C11H14BrClO4/c1-14-6-17-5-7-9(15-2)4-8(13)11(16-3)10(7)12/h4H,5-6H2,1-3H3. The molecule has 0 heterocycles. The maximum atomic E-state index is 6.05. The Hall–Kier alpha value is -0.490. The van der Waals surface area contributed by atoms with Crippen molar-refractivity contribution < 1.29 is 18.9 Å². The summed E-state index contributed by atoms with van der Waals surface area (Å²) in [5.41, 5.74) is 0.825. The normalized spacial score (nSPS) is 10.4. The Morgan fingerprint density at radius 1 is 1.24 bits per heavy atom. The van der Waals surface area contributed by atoms with E-state index in [9.17, 15) is 0 Å². The molecule has 1 rings (SSSR count).